The van der Waals surface area contributed by atoms with E-state index < -0.39 is 21.7 Å². The second-order valence-electron chi connectivity index (χ2n) is 9.05. The summed E-state index contributed by atoms with van der Waals surface area (Å²) >= 11 is 5.36. The van der Waals surface area contributed by atoms with Gasteiger partial charge in [0, 0.05) is 12.1 Å². The predicted molar refractivity (Wildman–Crippen MR) is 136 cm³/mol. The summed E-state index contributed by atoms with van der Waals surface area (Å²) in [6.45, 7) is 7.31. The van der Waals surface area contributed by atoms with Crippen LogP contribution in [-0.2, 0) is 26.0 Å². The van der Waals surface area contributed by atoms with Gasteiger partial charge < -0.3 is 15.4 Å². The third kappa shape index (κ3) is 8.33. The number of sulfonamides is 1. The molecule has 7 nitrogen and oxygen atoms in total. The van der Waals surface area contributed by atoms with E-state index in [9.17, 15) is 13.2 Å². The van der Waals surface area contributed by atoms with Crippen LogP contribution in [0.5, 0.6) is 0 Å². The minimum absolute atomic E-state index is 0.112. The van der Waals surface area contributed by atoms with Gasteiger partial charge in [-0.15, -0.1) is 0 Å². The maximum Gasteiger partial charge on any atom is 0.313 e. The number of nitrogens with one attached hydrogen (secondary N) is 1. The van der Waals surface area contributed by atoms with Crippen molar-refractivity contribution in [1.29, 1.82) is 0 Å². The van der Waals surface area contributed by atoms with Gasteiger partial charge in [0.1, 0.15) is 0 Å². The van der Waals surface area contributed by atoms with Gasteiger partial charge >= 0.3 is 5.97 Å². The molecule has 180 valence electrons. The van der Waals surface area contributed by atoms with Crippen molar-refractivity contribution in [3.8, 4) is 0 Å². The van der Waals surface area contributed by atoms with Crippen LogP contribution < -0.4 is 10.5 Å². The first-order valence-corrected chi connectivity index (χ1v) is 13.0. The van der Waals surface area contributed by atoms with Crippen LogP contribution in [-0.4, -0.2) is 36.9 Å². The second kappa shape index (κ2) is 11.0. The number of hydrogen-bond acceptors (Lipinski definition) is 5. The van der Waals surface area contributed by atoms with E-state index in [0.717, 1.165) is 17.4 Å². The molecule has 0 aromatic heterocycles. The van der Waals surface area contributed by atoms with E-state index in [1.165, 1.54) is 0 Å². The molecule has 0 amide bonds. The summed E-state index contributed by atoms with van der Waals surface area (Å²) in [5.74, 6) is -0.346. The van der Waals surface area contributed by atoms with Gasteiger partial charge in [0.15, 0.2) is 11.3 Å². The highest BCUT2D eigenvalue weighted by Crippen LogP contribution is 2.28. The Bertz CT molecular complexity index is 1050. The van der Waals surface area contributed by atoms with Crippen molar-refractivity contribution in [1.82, 2.24) is 4.90 Å². The number of anilines is 1. The van der Waals surface area contributed by atoms with Gasteiger partial charge in [0.25, 0.3) is 0 Å². The second-order valence-corrected chi connectivity index (χ2v) is 11.2. The van der Waals surface area contributed by atoms with Crippen molar-refractivity contribution in [3.05, 3.63) is 65.7 Å². The van der Waals surface area contributed by atoms with Gasteiger partial charge in [0.05, 0.1) is 17.7 Å². The molecule has 0 fully saturated rings. The van der Waals surface area contributed by atoms with Crippen molar-refractivity contribution in [2.75, 3.05) is 11.0 Å². The smallest absolute Gasteiger partial charge is 0.313 e. The zero-order chi connectivity index (χ0) is 24.8. The van der Waals surface area contributed by atoms with Crippen LogP contribution >= 0.6 is 12.2 Å². The molecule has 0 aliphatic carbocycles. The molecule has 1 unspecified atom stereocenters. The summed E-state index contributed by atoms with van der Waals surface area (Å²) in [7, 11) is -3.37. The van der Waals surface area contributed by atoms with E-state index in [1.54, 1.807) is 49.9 Å². The number of carbonyl (C=O) groups excluding carboxylic acids is 1. The van der Waals surface area contributed by atoms with Crippen LogP contribution in [0, 0.1) is 5.41 Å². The van der Waals surface area contributed by atoms with Crippen LogP contribution in [0.4, 0.5) is 5.69 Å². The number of benzene rings is 2. The molecule has 0 heterocycles. The van der Waals surface area contributed by atoms with Gasteiger partial charge in [-0.25, -0.2) is 8.42 Å². The SMILES string of the molecule is C[C@@H](c1ccc(NS(C)(=O)=O)cc1)N(C(N)=S)C(CCc1ccccc1)OC(=O)C(C)(C)C. The Labute approximate surface area is 202 Å². The molecule has 0 spiro atoms. The van der Waals surface area contributed by atoms with E-state index in [2.05, 4.69) is 4.72 Å². The molecular formula is C24H33N3O4S2. The van der Waals surface area contributed by atoms with Crippen LogP contribution in [0.15, 0.2) is 54.6 Å². The highest BCUT2D eigenvalue weighted by Gasteiger charge is 2.32. The first-order valence-electron chi connectivity index (χ1n) is 10.7. The fourth-order valence-corrected chi connectivity index (χ4v) is 4.12. The Kier molecular flexibility index (Phi) is 8.85. The molecule has 0 aliphatic rings. The Balaban J connectivity index is 2.32. The molecule has 0 aliphatic heterocycles. The average Bonchev–Trinajstić information content (AvgIpc) is 2.71. The molecule has 3 N–H and O–H groups in total. The van der Waals surface area contributed by atoms with Gasteiger partial charge in [0.2, 0.25) is 10.0 Å². The minimum Gasteiger partial charge on any atom is -0.441 e. The number of nitrogens with two attached hydrogens (primary N) is 1. The van der Waals surface area contributed by atoms with Gasteiger partial charge in [-0.1, -0.05) is 42.5 Å². The number of carbonyl (C=O) groups is 1. The topological polar surface area (TPSA) is 102 Å². The van der Waals surface area contributed by atoms with Crippen molar-refractivity contribution in [2.45, 2.75) is 52.8 Å². The fourth-order valence-electron chi connectivity index (χ4n) is 3.28. The van der Waals surface area contributed by atoms with E-state index >= 15 is 0 Å². The molecule has 2 aromatic rings. The third-order valence-corrected chi connectivity index (χ3v) is 5.87. The summed E-state index contributed by atoms with van der Waals surface area (Å²) in [5, 5.41) is 0.112. The van der Waals surface area contributed by atoms with E-state index in [0.29, 0.717) is 18.5 Å². The largest absolute Gasteiger partial charge is 0.441 e. The Hall–Kier alpha value is -2.65. The van der Waals surface area contributed by atoms with Crippen molar-refractivity contribution in [3.63, 3.8) is 0 Å². The number of hydrogen-bond donors (Lipinski definition) is 2. The van der Waals surface area contributed by atoms with Gasteiger partial charge in [-0.3, -0.25) is 9.52 Å². The normalized spacial score (nSPS) is 13.6. The molecule has 0 bridgehead atoms. The minimum atomic E-state index is -3.37. The van der Waals surface area contributed by atoms with Crippen LogP contribution in [0.2, 0.25) is 0 Å². The third-order valence-electron chi connectivity index (χ3n) is 5.06. The van der Waals surface area contributed by atoms with Crippen molar-refractivity contribution < 1.29 is 17.9 Å². The summed E-state index contributed by atoms with van der Waals surface area (Å²) in [5.41, 5.74) is 7.84. The first kappa shape index (κ1) is 26.6. The molecular weight excluding hydrogens is 458 g/mol. The summed E-state index contributed by atoms with van der Waals surface area (Å²) < 4.78 is 31.3. The number of ether oxygens (including phenoxy) is 1. The van der Waals surface area contributed by atoms with Crippen LogP contribution in [0.3, 0.4) is 0 Å². The van der Waals surface area contributed by atoms with Gasteiger partial charge in [-0.05, 0) is 69.6 Å². The lowest BCUT2D eigenvalue weighted by Gasteiger charge is -2.38. The number of aryl methyl sites for hydroxylation is 1. The summed E-state index contributed by atoms with van der Waals surface area (Å²) in [6.07, 6.45) is 1.60. The number of esters is 1. The molecule has 2 aromatic carbocycles. The molecule has 0 saturated heterocycles. The molecule has 2 rings (SSSR count). The predicted octanol–water partition coefficient (Wildman–Crippen LogP) is 4.21. The Morgan fingerprint density at radius 2 is 1.70 bits per heavy atom. The van der Waals surface area contributed by atoms with E-state index in [1.807, 2.05) is 37.3 Å². The van der Waals surface area contributed by atoms with E-state index in [-0.39, 0.29) is 17.1 Å². The molecule has 0 saturated carbocycles. The standard InChI is InChI=1S/C24H33N3O4S2/c1-17(19-12-14-20(15-13-19)26-33(5,29)30)27(23(25)32)21(31-22(28)24(2,3)4)16-11-18-9-7-6-8-10-18/h6-10,12-15,17,21,26H,11,16H2,1-5H3,(H2,25,32)/t17-,21?/m0/s1. The Morgan fingerprint density at radius 1 is 1.12 bits per heavy atom. The van der Waals surface area contributed by atoms with Gasteiger partial charge in [-0.2, -0.15) is 0 Å². The maximum atomic E-state index is 12.8. The van der Waals surface area contributed by atoms with E-state index in [4.69, 9.17) is 22.7 Å². The van der Waals surface area contributed by atoms with Crippen LogP contribution in [0.25, 0.3) is 0 Å². The summed E-state index contributed by atoms with van der Waals surface area (Å²) in [4.78, 5) is 14.5. The number of thiocarbonyl (C=S) groups is 1. The van der Waals surface area contributed by atoms with Crippen LogP contribution in [0.1, 0.15) is 51.3 Å². The zero-order valence-corrected chi connectivity index (χ0v) is 21.4. The molecule has 9 heteroatoms. The van der Waals surface area contributed by atoms with Crippen molar-refractivity contribution in [2.24, 2.45) is 11.1 Å². The number of rotatable bonds is 9. The lowest BCUT2D eigenvalue weighted by Crippen LogP contribution is -2.48. The van der Waals surface area contributed by atoms with Crippen molar-refractivity contribution >= 4 is 39.0 Å². The summed E-state index contributed by atoms with van der Waals surface area (Å²) in [6, 6.07) is 16.5. The fraction of sp³-hybridized carbons (Fsp3) is 0.417. The lowest BCUT2D eigenvalue weighted by molar-refractivity contribution is -0.167. The molecule has 2 atom stereocenters. The number of nitrogens with zero attached hydrogens (tertiary/aromatic N) is 1. The maximum absolute atomic E-state index is 12.8. The highest BCUT2D eigenvalue weighted by molar-refractivity contribution is 7.92. The monoisotopic (exact) mass is 491 g/mol. The quantitative estimate of drug-likeness (QED) is 0.308. The lowest BCUT2D eigenvalue weighted by atomic mass is 9.97. The first-order chi connectivity index (χ1) is 15.3. The zero-order valence-electron chi connectivity index (χ0n) is 19.7. The Morgan fingerprint density at radius 3 is 2.18 bits per heavy atom. The molecule has 33 heavy (non-hydrogen) atoms. The highest BCUT2D eigenvalue weighted by atomic mass is 32.2. The molecule has 0 radical (unpaired) electrons. The average molecular weight is 492 g/mol.